The van der Waals surface area contributed by atoms with Crippen molar-refractivity contribution in [2.24, 2.45) is 0 Å². The fourth-order valence-corrected chi connectivity index (χ4v) is 6.28. The van der Waals surface area contributed by atoms with Gasteiger partial charge in [0.25, 0.3) is 11.5 Å². The molecule has 6 rings (SSSR count). The van der Waals surface area contributed by atoms with Gasteiger partial charge in [0, 0.05) is 44.9 Å². The number of benzene rings is 2. The maximum absolute atomic E-state index is 13.4. The van der Waals surface area contributed by atoms with Crippen LogP contribution in [0, 0.1) is 0 Å². The average molecular weight is 483 g/mol. The van der Waals surface area contributed by atoms with Gasteiger partial charge in [0.2, 0.25) is 0 Å². The SMILES string of the molecule is CC1(C)CC(NC(=O)COc2ccc3c(c2)c2ccnc4c5ccccc5c(=O)n3c24)CC(C)(C)N1. The molecular weight excluding hydrogens is 452 g/mol. The molecule has 36 heavy (non-hydrogen) atoms. The molecule has 3 aromatic heterocycles. The number of carbonyl (C=O) groups is 1. The van der Waals surface area contributed by atoms with Gasteiger partial charge in [-0.2, -0.15) is 0 Å². The van der Waals surface area contributed by atoms with Crippen LogP contribution in [-0.2, 0) is 4.79 Å². The maximum atomic E-state index is 13.4. The van der Waals surface area contributed by atoms with Crippen LogP contribution < -0.4 is 20.9 Å². The molecule has 0 bridgehead atoms. The van der Waals surface area contributed by atoms with Crippen molar-refractivity contribution >= 4 is 44.0 Å². The Labute approximate surface area is 208 Å². The average Bonchev–Trinajstić information content (AvgIpc) is 3.14. The van der Waals surface area contributed by atoms with Crippen LogP contribution >= 0.6 is 0 Å². The van der Waals surface area contributed by atoms with Crippen molar-refractivity contribution < 1.29 is 9.53 Å². The zero-order valence-electron chi connectivity index (χ0n) is 21.0. The van der Waals surface area contributed by atoms with Gasteiger partial charge < -0.3 is 15.4 Å². The van der Waals surface area contributed by atoms with Crippen LogP contribution in [-0.4, -0.2) is 39.0 Å². The van der Waals surface area contributed by atoms with Crippen LogP contribution in [0.3, 0.4) is 0 Å². The first kappa shape index (κ1) is 22.7. The minimum atomic E-state index is -0.133. The molecule has 2 N–H and O–H groups in total. The Morgan fingerprint density at radius 1 is 1.03 bits per heavy atom. The molecule has 0 atom stereocenters. The summed E-state index contributed by atoms with van der Waals surface area (Å²) in [6.07, 6.45) is 3.50. The lowest BCUT2D eigenvalue weighted by atomic mass is 9.79. The fraction of sp³-hybridized carbons (Fsp3) is 0.345. The van der Waals surface area contributed by atoms with E-state index in [9.17, 15) is 9.59 Å². The molecule has 4 heterocycles. The molecule has 0 spiro atoms. The Balaban J connectivity index is 1.30. The Hall–Kier alpha value is -3.71. The first-order valence-electron chi connectivity index (χ1n) is 12.4. The van der Waals surface area contributed by atoms with Crippen LogP contribution in [0.4, 0.5) is 0 Å². The Kier molecular flexibility index (Phi) is 4.99. The molecule has 0 aliphatic carbocycles. The number of ether oxygens (including phenoxy) is 1. The van der Waals surface area contributed by atoms with E-state index >= 15 is 0 Å². The summed E-state index contributed by atoms with van der Waals surface area (Å²) >= 11 is 0. The van der Waals surface area contributed by atoms with Crippen molar-refractivity contribution in [2.45, 2.75) is 57.7 Å². The van der Waals surface area contributed by atoms with Gasteiger partial charge in [-0.1, -0.05) is 18.2 Å². The van der Waals surface area contributed by atoms with E-state index in [4.69, 9.17) is 4.74 Å². The molecule has 7 heteroatoms. The zero-order valence-corrected chi connectivity index (χ0v) is 21.0. The molecule has 0 unspecified atom stereocenters. The Bertz CT molecular complexity index is 1690. The highest BCUT2D eigenvalue weighted by atomic mass is 16.5. The van der Waals surface area contributed by atoms with Gasteiger partial charge in [-0.15, -0.1) is 0 Å². The molecule has 1 amide bonds. The number of hydrogen-bond acceptors (Lipinski definition) is 5. The largest absolute Gasteiger partial charge is 0.484 e. The highest BCUT2D eigenvalue weighted by Gasteiger charge is 2.38. The van der Waals surface area contributed by atoms with Crippen LogP contribution in [0.25, 0.3) is 38.1 Å². The number of pyridine rings is 2. The predicted molar refractivity (Wildman–Crippen MR) is 143 cm³/mol. The summed E-state index contributed by atoms with van der Waals surface area (Å²) in [5, 5.41) is 10.1. The molecule has 1 saturated heterocycles. The first-order chi connectivity index (χ1) is 17.1. The smallest absolute Gasteiger partial charge is 0.263 e. The monoisotopic (exact) mass is 482 g/mol. The predicted octanol–water partition coefficient (Wildman–Crippen LogP) is 4.40. The van der Waals surface area contributed by atoms with Gasteiger partial charge in [0.05, 0.1) is 16.6 Å². The number of aromatic nitrogens is 2. The molecule has 1 fully saturated rings. The quantitative estimate of drug-likeness (QED) is 0.371. The summed E-state index contributed by atoms with van der Waals surface area (Å²) < 4.78 is 7.65. The van der Waals surface area contributed by atoms with Crippen molar-refractivity contribution in [3.8, 4) is 5.75 Å². The molecule has 0 saturated carbocycles. The van der Waals surface area contributed by atoms with E-state index in [0.29, 0.717) is 11.1 Å². The molecule has 0 radical (unpaired) electrons. The minimum Gasteiger partial charge on any atom is -0.484 e. The lowest BCUT2D eigenvalue weighted by molar-refractivity contribution is -0.124. The number of hydrogen-bond donors (Lipinski definition) is 2. The Morgan fingerprint density at radius 3 is 2.50 bits per heavy atom. The van der Waals surface area contributed by atoms with Crippen molar-refractivity contribution in [2.75, 3.05) is 6.61 Å². The molecule has 1 aliphatic rings. The number of rotatable bonds is 4. The Morgan fingerprint density at radius 2 is 1.75 bits per heavy atom. The third-order valence-corrected chi connectivity index (χ3v) is 7.19. The van der Waals surface area contributed by atoms with E-state index < -0.39 is 0 Å². The lowest BCUT2D eigenvalue weighted by Gasteiger charge is -2.46. The highest BCUT2D eigenvalue weighted by Crippen LogP contribution is 2.34. The summed E-state index contributed by atoms with van der Waals surface area (Å²) in [6.45, 7) is 8.59. The number of amides is 1. The maximum Gasteiger partial charge on any atom is 0.263 e. The van der Waals surface area contributed by atoms with Crippen molar-refractivity contribution in [3.63, 3.8) is 0 Å². The van der Waals surface area contributed by atoms with Gasteiger partial charge in [0.1, 0.15) is 5.75 Å². The van der Waals surface area contributed by atoms with E-state index in [0.717, 1.165) is 45.6 Å². The van der Waals surface area contributed by atoms with E-state index in [1.54, 1.807) is 10.6 Å². The van der Waals surface area contributed by atoms with E-state index in [-0.39, 0.29) is 35.2 Å². The van der Waals surface area contributed by atoms with Gasteiger partial charge in [-0.25, -0.2) is 0 Å². The van der Waals surface area contributed by atoms with E-state index in [1.165, 1.54) is 0 Å². The normalized spacial score (nSPS) is 17.8. The summed E-state index contributed by atoms with van der Waals surface area (Å²) in [6, 6.07) is 15.2. The molecule has 1 aliphatic heterocycles. The third-order valence-electron chi connectivity index (χ3n) is 7.19. The second kappa shape index (κ2) is 7.90. The van der Waals surface area contributed by atoms with Gasteiger partial charge in [-0.3, -0.25) is 19.0 Å². The van der Waals surface area contributed by atoms with Crippen LogP contribution in [0.2, 0.25) is 0 Å². The number of fused-ring (bicyclic) bond motifs is 5. The third kappa shape index (κ3) is 3.75. The van der Waals surface area contributed by atoms with Crippen molar-refractivity contribution in [1.82, 2.24) is 20.0 Å². The number of nitrogens with one attached hydrogen (secondary N) is 2. The minimum absolute atomic E-state index is 0.0473. The molecule has 7 nitrogen and oxygen atoms in total. The number of carbonyl (C=O) groups excluding carboxylic acids is 1. The second-order valence-electron chi connectivity index (χ2n) is 11.3. The van der Waals surface area contributed by atoms with Crippen LogP contribution in [0.15, 0.2) is 59.5 Å². The van der Waals surface area contributed by atoms with Crippen molar-refractivity contribution in [3.05, 3.63) is 65.1 Å². The molecular formula is C29H30N4O3. The molecule has 5 aromatic rings. The van der Waals surface area contributed by atoms with Gasteiger partial charge >= 0.3 is 0 Å². The molecule has 184 valence electrons. The summed E-state index contributed by atoms with van der Waals surface area (Å²) in [4.78, 5) is 30.7. The standard InChI is InChI=1S/C29H30N4O3/c1-28(2)14-17(15-29(3,4)32-28)31-24(34)16-36-18-9-10-23-22(13-18)20-11-12-30-25-19-7-5-6-8-21(19)27(35)33(23)26(20)25/h5-13,17,32H,14-16H2,1-4H3,(H,31,34). The second-order valence-corrected chi connectivity index (χ2v) is 11.3. The number of piperidine rings is 1. The highest BCUT2D eigenvalue weighted by molar-refractivity contribution is 6.18. The van der Waals surface area contributed by atoms with Crippen molar-refractivity contribution in [1.29, 1.82) is 0 Å². The first-order valence-corrected chi connectivity index (χ1v) is 12.4. The van der Waals surface area contributed by atoms with Gasteiger partial charge in [0.15, 0.2) is 6.61 Å². The lowest BCUT2D eigenvalue weighted by Crippen LogP contribution is -2.62. The summed E-state index contributed by atoms with van der Waals surface area (Å²) in [7, 11) is 0. The summed E-state index contributed by atoms with van der Waals surface area (Å²) in [5.41, 5.74) is 2.25. The fourth-order valence-electron chi connectivity index (χ4n) is 6.28. The number of nitrogens with zero attached hydrogens (tertiary/aromatic N) is 2. The van der Waals surface area contributed by atoms with Crippen LogP contribution in [0.5, 0.6) is 5.75 Å². The topological polar surface area (TPSA) is 84.7 Å². The van der Waals surface area contributed by atoms with Crippen LogP contribution in [0.1, 0.15) is 40.5 Å². The van der Waals surface area contributed by atoms with E-state index in [2.05, 4.69) is 43.3 Å². The van der Waals surface area contributed by atoms with E-state index in [1.807, 2.05) is 48.5 Å². The van der Waals surface area contributed by atoms with Gasteiger partial charge in [-0.05, 0) is 70.9 Å². The molecule has 2 aromatic carbocycles. The zero-order chi connectivity index (χ0) is 25.2. The summed E-state index contributed by atoms with van der Waals surface area (Å²) in [5.74, 6) is 0.455.